The van der Waals surface area contributed by atoms with E-state index in [1.54, 1.807) is 35.7 Å². The highest BCUT2D eigenvalue weighted by Gasteiger charge is 2.12. The van der Waals surface area contributed by atoms with Gasteiger partial charge < -0.3 is 10.4 Å². The molecule has 1 aromatic carbocycles. The predicted octanol–water partition coefficient (Wildman–Crippen LogP) is 2.97. The van der Waals surface area contributed by atoms with Gasteiger partial charge in [-0.1, -0.05) is 12.1 Å². The van der Waals surface area contributed by atoms with Crippen molar-refractivity contribution in [3.63, 3.8) is 0 Å². The highest BCUT2D eigenvalue weighted by Crippen LogP contribution is 2.23. The number of nitrogens with zero attached hydrogens (tertiary/aromatic N) is 1. The van der Waals surface area contributed by atoms with Gasteiger partial charge in [0, 0.05) is 6.08 Å². The highest BCUT2D eigenvalue weighted by molar-refractivity contribution is 7.14. The fraction of sp³-hybridized carbons (Fsp3) is 0. The summed E-state index contributed by atoms with van der Waals surface area (Å²) in [6, 6.07) is 10.2. The molecule has 5 nitrogen and oxygen atoms in total. The zero-order valence-electron chi connectivity index (χ0n) is 10.7. The maximum Gasteiger partial charge on any atom is 0.338 e. The summed E-state index contributed by atoms with van der Waals surface area (Å²) in [5.74, 6) is -1.51. The Morgan fingerprint density at radius 1 is 1.33 bits per heavy atom. The Hall–Kier alpha value is -2.91. The molecule has 6 heteroatoms. The molecule has 0 unspecified atom stereocenters. The normalized spacial score (nSPS) is 10.2. The Balaban J connectivity index is 2.07. The zero-order chi connectivity index (χ0) is 15.2. The smallest absolute Gasteiger partial charge is 0.338 e. The summed E-state index contributed by atoms with van der Waals surface area (Å²) < 4.78 is 0. The van der Waals surface area contributed by atoms with Crippen molar-refractivity contribution in [2.75, 3.05) is 5.32 Å². The van der Waals surface area contributed by atoms with Crippen LogP contribution in [0.3, 0.4) is 0 Å². The molecule has 2 aromatic rings. The van der Waals surface area contributed by atoms with Gasteiger partial charge in [0.25, 0.3) is 0 Å². The molecule has 0 aliphatic rings. The molecule has 0 fully saturated rings. The molecule has 0 saturated heterocycles. The molecule has 0 aliphatic heterocycles. The van der Waals surface area contributed by atoms with E-state index in [2.05, 4.69) is 5.32 Å². The summed E-state index contributed by atoms with van der Waals surface area (Å²) in [6.07, 6.45) is 2.85. The first-order chi connectivity index (χ1) is 10.1. The topological polar surface area (TPSA) is 90.2 Å². The Bertz CT molecular complexity index is 756. The monoisotopic (exact) mass is 298 g/mol. The van der Waals surface area contributed by atoms with E-state index in [0.29, 0.717) is 16.1 Å². The summed E-state index contributed by atoms with van der Waals surface area (Å²) in [6.45, 7) is 0. The van der Waals surface area contributed by atoms with Crippen LogP contribution in [0.2, 0.25) is 0 Å². The van der Waals surface area contributed by atoms with Crippen molar-refractivity contribution in [2.45, 2.75) is 0 Å². The lowest BCUT2D eigenvalue weighted by molar-refractivity contribution is -0.111. The van der Waals surface area contributed by atoms with E-state index >= 15 is 0 Å². The van der Waals surface area contributed by atoms with Crippen LogP contribution in [0.25, 0.3) is 6.08 Å². The van der Waals surface area contributed by atoms with E-state index < -0.39 is 11.9 Å². The first-order valence-electron chi connectivity index (χ1n) is 5.90. The second-order valence-electron chi connectivity index (χ2n) is 4.03. The Labute approximate surface area is 124 Å². The number of hydrogen-bond donors (Lipinski definition) is 2. The lowest BCUT2D eigenvalue weighted by Gasteiger charge is -2.00. The number of anilines is 1. The quantitative estimate of drug-likeness (QED) is 0.849. The van der Waals surface area contributed by atoms with E-state index in [-0.39, 0.29) is 5.56 Å². The fourth-order valence-corrected chi connectivity index (χ4v) is 2.39. The second kappa shape index (κ2) is 6.50. The molecule has 0 aliphatic carbocycles. The number of rotatable bonds is 4. The molecule has 2 rings (SSSR count). The maximum absolute atomic E-state index is 11.8. The van der Waals surface area contributed by atoms with Crippen LogP contribution in [-0.4, -0.2) is 17.0 Å². The molecule has 0 radical (unpaired) electrons. The number of hydrogen-bond acceptors (Lipinski definition) is 4. The van der Waals surface area contributed by atoms with Crippen LogP contribution < -0.4 is 5.32 Å². The van der Waals surface area contributed by atoms with Crippen molar-refractivity contribution < 1.29 is 14.7 Å². The van der Waals surface area contributed by atoms with E-state index in [1.165, 1.54) is 12.1 Å². The van der Waals surface area contributed by atoms with Crippen LogP contribution in [-0.2, 0) is 4.79 Å². The molecular weight excluding hydrogens is 288 g/mol. The third-order valence-electron chi connectivity index (χ3n) is 2.58. The standard InChI is InChI=1S/C15H10N2O3S/c16-9-11-3-1-2-10(8-11)4-5-13(18)17-14-12(15(19)20)6-7-21-14/h1-8H,(H,17,18)(H,19,20)/b5-4+. The molecule has 1 heterocycles. The summed E-state index contributed by atoms with van der Waals surface area (Å²) in [7, 11) is 0. The van der Waals surface area contributed by atoms with Crippen molar-refractivity contribution in [1.82, 2.24) is 0 Å². The van der Waals surface area contributed by atoms with Crippen molar-refractivity contribution in [2.24, 2.45) is 0 Å². The largest absolute Gasteiger partial charge is 0.478 e. The third-order valence-corrected chi connectivity index (χ3v) is 3.41. The number of carbonyl (C=O) groups is 2. The molecular formula is C15H10N2O3S. The van der Waals surface area contributed by atoms with Crippen molar-refractivity contribution in [3.05, 3.63) is 58.5 Å². The van der Waals surface area contributed by atoms with E-state index in [9.17, 15) is 9.59 Å². The predicted molar refractivity (Wildman–Crippen MR) is 80.1 cm³/mol. The number of aromatic carboxylic acids is 1. The van der Waals surface area contributed by atoms with Crippen LogP contribution >= 0.6 is 11.3 Å². The van der Waals surface area contributed by atoms with Gasteiger partial charge in [-0.2, -0.15) is 5.26 Å². The minimum Gasteiger partial charge on any atom is -0.478 e. The minimum atomic E-state index is -1.09. The van der Waals surface area contributed by atoms with Gasteiger partial charge in [0.05, 0.1) is 17.2 Å². The van der Waals surface area contributed by atoms with Crippen molar-refractivity contribution >= 4 is 34.3 Å². The van der Waals surface area contributed by atoms with Gasteiger partial charge in [-0.05, 0) is 35.2 Å². The minimum absolute atomic E-state index is 0.0632. The highest BCUT2D eigenvalue weighted by atomic mass is 32.1. The Kier molecular flexibility index (Phi) is 4.49. The lowest BCUT2D eigenvalue weighted by Crippen LogP contribution is -2.09. The molecule has 0 spiro atoms. The first-order valence-corrected chi connectivity index (χ1v) is 6.78. The van der Waals surface area contributed by atoms with Crippen molar-refractivity contribution in [3.8, 4) is 6.07 Å². The van der Waals surface area contributed by atoms with Gasteiger partial charge in [-0.25, -0.2) is 4.79 Å². The number of amides is 1. The molecule has 2 N–H and O–H groups in total. The third kappa shape index (κ3) is 3.78. The fourth-order valence-electron chi connectivity index (χ4n) is 1.61. The summed E-state index contributed by atoms with van der Waals surface area (Å²) in [4.78, 5) is 22.7. The number of carboxylic acid groups (broad SMARTS) is 1. The molecule has 0 bridgehead atoms. The number of nitriles is 1. The Morgan fingerprint density at radius 2 is 2.14 bits per heavy atom. The number of carboxylic acids is 1. The van der Waals surface area contributed by atoms with Crippen LogP contribution in [0.15, 0.2) is 41.8 Å². The number of carbonyl (C=O) groups excluding carboxylic acids is 1. The van der Waals surface area contributed by atoms with Gasteiger partial charge in [0.1, 0.15) is 5.00 Å². The van der Waals surface area contributed by atoms with Crippen LogP contribution in [0.5, 0.6) is 0 Å². The number of benzene rings is 1. The summed E-state index contributed by atoms with van der Waals surface area (Å²) >= 11 is 1.14. The molecule has 1 aromatic heterocycles. The summed E-state index contributed by atoms with van der Waals surface area (Å²) in [5.41, 5.74) is 1.28. The van der Waals surface area contributed by atoms with Gasteiger partial charge in [0.15, 0.2) is 0 Å². The van der Waals surface area contributed by atoms with E-state index in [1.807, 2.05) is 6.07 Å². The molecule has 0 atom stereocenters. The molecule has 104 valence electrons. The second-order valence-corrected chi connectivity index (χ2v) is 4.94. The van der Waals surface area contributed by atoms with Crippen molar-refractivity contribution in [1.29, 1.82) is 5.26 Å². The number of thiophene rings is 1. The number of nitrogens with one attached hydrogen (secondary N) is 1. The Morgan fingerprint density at radius 3 is 2.86 bits per heavy atom. The van der Waals surface area contributed by atoms with Crippen LogP contribution in [0, 0.1) is 11.3 Å². The first kappa shape index (κ1) is 14.5. The van der Waals surface area contributed by atoms with Gasteiger partial charge >= 0.3 is 5.97 Å². The summed E-state index contributed by atoms with van der Waals surface area (Å²) in [5, 5.41) is 22.1. The average Bonchev–Trinajstić information content (AvgIpc) is 2.93. The maximum atomic E-state index is 11.8. The van der Waals surface area contributed by atoms with E-state index in [4.69, 9.17) is 10.4 Å². The molecule has 1 amide bonds. The van der Waals surface area contributed by atoms with Crippen LogP contribution in [0.1, 0.15) is 21.5 Å². The zero-order valence-corrected chi connectivity index (χ0v) is 11.6. The van der Waals surface area contributed by atoms with Gasteiger partial charge in [-0.3, -0.25) is 4.79 Å². The SMILES string of the molecule is N#Cc1cccc(/C=C/C(=O)Nc2sccc2C(=O)O)c1. The average molecular weight is 298 g/mol. The lowest BCUT2D eigenvalue weighted by atomic mass is 10.1. The van der Waals surface area contributed by atoms with Gasteiger partial charge in [-0.15, -0.1) is 11.3 Å². The van der Waals surface area contributed by atoms with Crippen LogP contribution in [0.4, 0.5) is 5.00 Å². The molecule has 21 heavy (non-hydrogen) atoms. The molecule has 0 saturated carbocycles. The van der Waals surface area contributed by atoms with Gasteiger partial charge in [0.2, 0.25) is 5.91 Å². The van der Waals surface area contributed by atoms with E-state index in [0.717, 1.165) is 11.3 Å².